The second-order valence-electron chi connectivity index (χ2n) is 18.2. The second-order valence-corrected chi connectivity index (χ2v) is 20.9. The van der Waals surface area contributed by atoms with Crippen LogP contribution in [0.2, 0.25) is 10.0 Å². The molecule has 6 aromatic rings. The van der Waals surface area contributed by atoms with Crippen LogP contribution in [0.25, 0.3) is 11.1 Å². The van der Waals surface area contributed by atoms with E-state index in [1.54, 1.807) is 48.2 Å². The molecule has 1 aliphatic carbocycles. The number of carbonyl (C=O) groups excluding carboxylic acids is 3. The molecule has 14 nitrogen and oxygen atoms in total. The van der Waals surface area contributed by atoms with Crippen molar-refractivity contribution < 1.29 is 41.7 Å². The van der Waals surface area contributed by atoms with Gasteiger partial charge in [0.2, 0.25) is 21.8 Å². The summed E-state index contributed by atoms with van der Waals surface area (Å²) in [4.78, 5) is 47.0. The molecule has 0 bridgehead atoms. The molecule has 5 aromatic carbocycles. The largest absolute Gasteiger partial charge is 0.489 e. The van der Waals surface area contributed by atoms with Crippen LogP contribution in [0.15, 0.2) is 120 Å². The number of ether oxygens (including phenoxy) is 4. The Balaban J connectivity index is 0.979. The fourth-order valence-electron chi connectivity index (χ4n) is 9.15. The number of benzene rings is 5. The average Bonchev–Trinajstić information content (AvgIpc) is 3.37. The number of amides is 2. The van der Waals surface area contributed by atoms with Crippen LogP contribution in [0.5, 0.6) is 17.2 Å². The molecule has 3 atom stereocenters. The summed E-state index contributed by atoms with van der Waals surface area (Å²) in [6.45, 7) is 3.76. The molecule has 0 radical (unpaired) electrons. The number of hydrogen-bond acceptors (Lipinski definition) is 11. The molecule has 2 amide bonds. The Morgan fingerprint density at radius 1 is 0.889 bits per heavy atom. The van der Waals surface area contributed by atoms with E-state index in [1.807, 2.05) is 66.7 Å². The first-order valence-electron chi connectivity index (χ1n) is 23.5. The minimum Gasteiger partial charge on any atom is -0.489 e. The van der Waals surface area contributed by atoms with Crippen LogP contribution in [0.1, 0.15) is 71.4 Å². The maximum Gasteiger partial charge on any atom is 0.328 e. The number of carbonyl (C=O) groups is 3. The lowest BCUT2D eigenvalue weighted by Gasteiger charge is -2.37. The Kier molecular flexibility index (Phi) is 14.9. The Morgan fingerprint density at radius 3 is 2.22 bits per heavy atom. The summed E-state index contributed by atoms with van der Waals surface area (Å²) in [5.41, 5.74) is 6.14. The Hall–Kier alpha value is -6.96. The summed E-state index contributed by atoms with van der Waals surface area (Å²) >= 11 is 12.2. The first-order chi connectivity index (χ1) is 34.7. The summed E-state index contributed by atoms with van der Waals surface area (Å²) in [6.07, 6.45) is 2.58. The van der Waals surface area contributed by atoms with Crippen LogP contribution >= 0.6 is 23.2 Å². The van der Waals surface area contributed by atoms with Crippen molar-refractivity contribution in [3.8, 4) is 34.4 Å². The van der Waals surface area contributed by atoms with E-state index in [2.05, 4.69) is 16.4 Å². The fourth-order valence-corrected chi connectivity index (χ4v) is 11.2. The number of rotatable bonds is 15. The third-order valence-corrected chi connectivity index (χ3v) is 16.2. The predicted molar refractivity (Wildman–Crippen MR) is 271 cm³/mol. The number of nitriles is 1. The maximum atomic E-state index is 15.1. The van der Waals surface area contributed by atoms with Crippen molar-refractivity contribution in [2.24, 2.45) is 5.92 Å². The van der Waals surface area contributed by atoms with Crippen molar-refractivity contribution in [3.63, 3.8) is 0 Å². The van der Waals surface area contributed by atoms with E-state index < -0.39 is 40.1 Å². The first-order valence-corrected chi connectivity index (χ1v) is 25.7. The van der Waals surface area contributed by atoms with Gasteiger partial charge in [-0.15, -0.1) is 0 Å². The van der Waals surface area contributed by atoms with Crippen molar-refractivity contribution in [2.45, 2.75) is 82.2 Å². The standard InChI is InChI=1S/C55H51Cl2N5O9S/c1-33-52(21-22-53(59-33)61(34(2)63)29-37-5-4-6-37)72(66,67)62-30-43-27-50-49(70-32-51(71-50)41-16-18-44(19-17-41)69-31-38-11-20-45(56)46(57)23-38)26-42(43)25-48(62)54(64)60-47(55(65)68-3)24-35-7-12-39(13-8-35)40-14-9-36(28-58)10-15-40/h7-23,26-27,37,47-48,51H,4-6,24-25,29-32H2,1-3H3,(H,60,64)/t47-,48-,51+/m0/s1. The van der Waals surface area contributed by atoms with Crippen molar-refractivity contribution >= 4 is 56.8 Å². The van der Waals surface area contributed by atoms with Gasteiger partial charge in [-0.3, -0.25) is 14.5 Å². The minimum atomic E-state index is -4.49. The highest BCUT2D eigenvalue weighted by Crippen LogP contribution is 2.42. The van der Waals surface area contributed by atoms with Gasteiger partial charge in [-0.1, -0.05) is 84.2 Å². The fraction of sp³-hybridized carbons (Fsp3) is 0.291. The van der Waals surface area contributed by atoms with Crippen molar-refractivity contribution in [2.75, 3.05) is 25.2 Å². The molecule has 370 valence electrons. The molecule has 1 N–H and O–H groups in total. The zero-order valence-corrected chi connectivity index (χ0v) is 42.1. The Bertz CT molecular complexity index is 3180. The van der Waals surface area contributed by atoms with Crippen LogP contribution in [-0.4, -0.2) is 67.8 Å². The zero-order valence-electron chi connectivity index (χ0n) is 39.8. The third kappa shape index (κ3) is 10.9. The van der Waals surface area contributed by atoms with Gasteiger partial charge in [0.15, 0.2) is 17.6 Å². The summed E-state index contributed by atoms with van der Waals surface area (Å²) in [5, 5.41) is 13.0. The molecule has 0 saturated heterocycles. The summed E-state index contributed by atoms with van der Waals surface area (Å²) in [6, 6.07) is 33.5. The SMILES string of the molecule is COC(=O)[C@H](Cc1ccc(-c2ccc(C#N)cc2)cc1)NC(=O)[C@@H]1Cc2cc3c(cc2CN1S(=O)(=O)c1ccc(N(CC2CCC2)C(C)=O)nc1C)O[C@@H](c1ccc(OCc2ccc(Cl)c(Cl)c2)cc1)CO3. The van der Waals surface area contributed by atoms with Crippen LogP contribution in [0.3, 0.4) is 0 Å². The number of halogens is 2. The molecule has 1 saturated carbocycles. The molecule has 0 spiro atoms. The van der Waals surface area contributed by atoms with Gasteiger partial charge in [0.05, 0.1) is 34.5 Å². The van der Waals surface area contributed by atoms with Gasteiger partial charge in [0.1, 0.15) is 41.8 Å². The molecule has 1 fully saturated rings. The van der Waals surface area contributed by atoms with Crippen LogP contribution in [0.4, 0.5) is 5.82 Å². The number of esters is 1. The normalized spacial score (nSPS) is 16.8. The van der Waals surface area contributed by atoms with Gasteiger partial charge in [0, 0.05) is 26.4 Å². The number of sulfonamides is 1. The maximum absolute atomic E-state index is 15.1. The Morgan fingerprint density at radius 2 is 1.58 bits per heavy atom. The average molecular weight is 1030 g/mol. The van der Waals surface area contributed by atoms with Crippen molar-refractivity contribution in [3.05, 3.63) is 164 Å². The van der Waals surface area contributed by atoms with Gasteiger partial charge < -0.3 is 24.3 Å². The molecule has 17 heteroatoms. The molecular formula is C55H51Cl2N5O9S. The van der Waals surface area contributed by atoms with Crippen molar-refractivity contribution in [1.29, 1.82) is 5.26 Å². The van der Waals surface area contributed by atoms with Crippen LogP contribution in [-0.2, 0) is 55.1 Å². The lowest BCUT2D eigenvalue weighted by atomic mass is 9.85. The highest BCUT2D eigenvalue weighted by Gasteiger charge is 2.43. The van der Waals surface area contributed by atoms with E-state index in [1.165, 1.54) is 26.2 Å². The number of aryl methyl sites for hydroxylation is 1. The topological polar surface area (TPSA) is 177 Å². The highest BCUT2D eigenvalue weighted by atomic mass is 35.5. The zero-order chi connectivity index (χ0) is 50.7. The molecule has 2 aliphatic heterocycles. The number of hydrogen-bond donors (Lipinski definition) is 1. The Labute approximate surface area is 428 Å². The summed E-state index contributed by atoms with van der Waals surface area (Å²) in [5.74, 6) is 0.543. The highest BCUT2D eigenvalue weighted by molar-refractivity contribution is 7.89. The molecule has 72 heavy (non-hydrogen) atoms. The van der Waals surface area contributed by atoms with Gasteiger partial charge in [-0.25, -0.2) is 18.2 Å². The second kappa shape index (κ2) is 21.4. The molecule has 3 aliphatic rings. The molecule has 3 heterocycles. The van der Waals surface area contributed by atoms with E-state index in [9.17, 15) is 19.6 Å². The van der Waals surface area contributed by atoms with E-state index in [0.717, 1.165) is 45.8 Å². The molecule has 0 unspecified atom stereocenters. The van der Waals surface area contributed by atoms with Gasteiger partial charge in [-0.05, 0) is 132 Å². The summed E-state index contributed by atoms with van der Waals surface area (Å²) < 4.78 is 55.2. The van der Waals surface area contributed by atoms with E-state index in [-0.39, 0.29) is 49.1 Å². The summed E-state index contributed by atoms with van der Waals surface area (Å²) in [7, 11) is -3.27. The van der Waals surface area contributed by atoms with E-state index >= 15 is 8.42 Å². The predicted octanol–water partition coefficient (Wildman–Crippen LogP) is 9.50. The number of methoxy groups -OCH3 is 1. The van der Waals surface area contributed by atoms with Crippen LogP contribution in [0, 0.1) is 24.2 Å². The van der Waals surface area contributed by atoms with E-state index in [0.29, 0.717) is 67.8 Å². The molecule has 1 aromatic heterocycles. The number of nitrogens with zero attached hydrogens (tertiary/aromatic N) is 4. The third-order valence-electron chi connectivity index (χ3n) is 13.4. The molecule has 9 rings (SSSR count). The lowest BCUT2D eigenvalue weighted by Crippen LogP contribution is -2.56. The smallest absolute Gasteiger partial charge is 0.328 e. The lowest BCUT2D eigenvalue weighted by molar-refractivity contribution is -0.145. The number of anilines is 1. The number of aromatic nitrogens is 1. The first kappa shape index (κ1) is 50.0. The van der Waals surface area contributed by atoms with E-state index in [4.69, 9.17) is 42.1 Å². The van der Waals surface area contributed by atoms with Gasteiger partial charge in [-0.2, -0.15) is 9.57 Å². The van der Waals surface area contributed by atoms with Gasteiger partial charge in [0.25, 0.3) is 0 Å². The van der Waals surface area contributed by atoms with Crippen molar-refractivity contribution in [1.82, 2.24) is 14.6 Å². The number of fused-ring (bicyclic) bond motifs is 2. The quantitative estimate of drug-likeness (QED) is 0.0970. The number of pyridine rings is 1. The van der Waals surface area contributed by atoms with Crippen LogP contribution < -0.4 is 24.4 Å². The molecular weight excluding hydrogens is 978 g/mol. The van der Waals surface area contributed by atoms with Gasteiger partial charge >= 0.3 is 5.97 Å². The minimum absolute atomic E-state index is 0.0501. The number of nitrogens with one attached hydrogen (secondary N) is 1. The monoisotopic (exact) mass is 1030 g/mol.